The number of para-hydroxylation sites is 1. The van der Waals surface area contributed by atoms with Gasteiger partial charge in [0, 0.05) is 11.5 Å². The summed E-state index contributed by atoms with van der Waals surface area (Å²) in [6.45, 7) is 0. The lowest BCUT2D eigenvalue weighted by atomic mass is 9.72. The van der Waals surface area contributed by atoms with Gasteiger partial charge in [-0.15, -0.1) is 0 Å². The minimum absolute atomic E-state index is 0.0357. The van der Waals surface area contributed by atoms with Gasteiger partial charge in [-0.25, -0.2) is 0 Å². The molecule has 2 atom stereocenters. The molecule has 3 aromatic rings. The summed E-state index contributed by atoms with van der Waals surface area (Å²) in [5.74, 6) is -0.677. The van der Waals surface area contributed by atoms with Crippen molar-refractivity contribution < 1.29 is 4.74 Å². The van der Waals surface area contributed by atoms with Gasteiger partial charge in [0.2, 0.25) is 5.85 Å². The SMILES string of the molecule is NC1(N)Oc2ccccc2C(c2ccccc2)[C@H]1c1ccccc1. The Morgan fingerprint density at radius 1 is 0.667 bits per heavy atom. The minimum Gasteiger partial charge on any atom is -0.459 e. The van der Waals surface area contributed by atoms with Crippen LogP contribution in [0.2, 0.25) is 0 Å². The molecule has 0 bridgehead atoms. The highest BCUT2D eigenvalue weighted by molar-refractivity contribution is 5.49. The van der Waals surface area contributed by atoms with Crippen LogP contribution in [-0.4, -0.2) is 5.85 Å². The lowest BCUT2D eigenvalue weighted by molar-refractivity contribution is 0.0290. The van der Waals surface area contributed by atoms with Crippen molar-refractivity contribution in [2.24, 2.45) is 11.5 Å². The normalized spacial score (nSPS) is 21.6. The zero-order chi connectivity index (χ0) is 16.6. The molecule has 0 amide bonds. The van der Waals surface area contributed by atoms with Crippen LogP contribution in [0.4, 0.5) is 0 Å². The van der Waals surface area contributed by atoms with E-state index >= 15 is 0 Å². The van der Waals surface area contributed by atoms with Crippen LogP contribution in [0.5, 0.6) is 5.75 Å². The number of hydrogen-bond acceptors (Lipinski definition) is 3. The molecule has 3 nitrogen and oxygen atoms in total. The van der Waals surface area contributed by atoms with Gasteiger partial charge in [-0.3, -0.25) is 11.5 Å². The fraction of sp³-hybridized carbons (Fsp3) is 0.143. The summed E-state index contributed by atoms with van der Waals surface area (Å²) in [5, 5.41) is 0. The van der Waals surface area contributed by atoms with E-state index in [9.17, 15) is 0 Å². The molecular weight excluding hydrogens is 296 g/mol. The molecule has 1 aliphatic heterocycles. The van der Waals surface area contributed by atoms with Gasteiger partial charge in [-0.1, -0.05) is 78.9 Å². The predicted molar refractivity (Wildman–Crippen MR) is 95.6 cm³/mol. The van der Waals surface area contributed by atoms with Crippen LogP contribution in [-0.2, 0) is 0 Å². The molecule has 24 heavy (non-hydrogen) atoms. The third kappa shape index (κ3) is 2.48. The van der Waals surface area contributed by atoms with E-state index in [1.807, 2.05) is 54.6 Å². The average Bonchev–Trinajstić information content (AvgIpc) is 2.61. The average molecular weight is 316 g/mol. The number of nitrogens with two attached hydrogens (primary N) is 2. The summed E-state index contributed by atoms with van der Waals surface area (Å²) in [5.41, 5.74) is 16.3. The van der Waals surface area contributed by atoms with Gasteiger partial charge in [-0.05, 0) is 17.2 Å². The van der Waals surface area contributed by atoms with Crippen molar-refractivity contribution in [1.29, 1.82) is 0 Å². The molecule has 4 rings (SSSR count). The highest BCUT2D eigenvalue weighted by Gasteiger charge is 2.46. The van der Waals surface area contributed by atoms with Crippen LogP contribution in [0.25, 0.3) is 0 Å². The summed E-state index contributed by atoms with van der Waals surface area (Å²) in [6.07, 6.45) is 0. The van der Waals surface area contributed by atoms with Crippen LogP contribution in [0.1, 0.15) is 28.5 Å². The van der Waals surface area contributed by atoms with E-state index in [0.717, 1.165) is 16.9 Å². The van der Waals surface area contributed by atoms with E-state index in [1.165, 1.54) is 5.56 Å². The Hall–Kier alpha value is -2.62. The molecule has 3 heteroatoms. The molecule has 0 aromatic heterocycles. The summed E-state index contributed by atoms with van der Waals surface area (Å²) >= 11 is 0. The second kappa shape index (κ2) is 5.78. The molecule has 1 aliphatic rings. The van der Waals surface area contributed by atoms with Crippen molar-refractivity contribution in [3.05, 3.63) is 102 Å². The number of fused-ring (bicyclic) bond motifs is 1. The maximum Gasteiger partial charge on any atom is 0.220 e. The van der Waals surface area contributed by atoms with Gasteiger partial charge in [-0.2, -0.15) is 0 Å². The van der Waals surface area contributed by atoms with Gasteiger partial charge in [0.25, 0.3) is 0 Å². The van der Waals surface area contributed by atoms with Gasteiger partial charge in [0.15, 0.2) is 0 Å². The molecule has 120 valence electrons. The summed E-state index contributed by atoms with van der Waals surface area (Å²) in [6, 6.07) is 28.5. The quantitative estimate of drug-likeness (QED) is 0.711. The number of ether oxygens (including phenoxy) is 1. The summed E-state index contributed by atoms with van der Waals surface area (Å²) in [7, 11) is 0. The molecule has 1 heterocycles. The monoisotopic (exact) mass is 316 g/mol. The van der Waals surface area contributed by atoms with Crippen molar-refractivity contribution in [2.75, 3.05) is 0 Å². The Morgan fingerprint density at radius 3 is 1.88 bits per heavy atom. The fourth-order valence-corrected chi connectivity index (χ4v) is 3.67. The van der Waals surface area contributed by atoms with Gasteiger partial charge in [0.1, 0.15) is 5.75 Å². The van der Waals surface area contributed by atoms with E-state index in [1.54, 1.807) is 0 Å². The first-order valence-electron chi connectivity index (χ1n) is 8.12. The zero-order valence-electron chi connectivity index (χ0n) is 13.3. The van der Waals surface area contributed by atoms with Crippen molar-refractivity contribution in [3.8, 4) is 5.75 Å². The smallest absolute Gasteiger partial charge is 0.220 e. The molecule has 0 saturated carbocycles. The van der Waals surface area contributed by atoms with Crippen LogP contribution in [0.15, 0.2) is 84.9 Å². The first-order valence-corrected chi connectivity index (χ1v) is 8.12. The van der Waals surface area contributed by atoms with E-state index in [0.29, 0.717) is 0 Å². The first kappa shape index (κ1) is 14.9. The van der Waals surface area contributed by atoms with Crippen LogP contribution in [0, 0.1) is 0 Å². The zero-order valence-corrected chi connectivity index (χ0v) is 13.3. The lowest BCUT2D eigenvalue weighted by Gasteiger charge is -2.44. The minimum atomic E-state index is -1.28. The largest absolute Gasteiger partial charge is 0.459 e. The van der Waals surface area contributed by atoms with Crippen molar-refractivity contribution >= 4 is 0 Å². The van der Waals surface area contributed by atoms with Crippen LogP contribution < -0.4 is 16.2 Å². The Balaban J connectivity index is 1.95. The molecule has 4 N–H and O–H groups in total. The second-order valence-corrected chi connectivity index (χ2v) is 6.27. The number of benzene rings is 3. The van der Waals surface area contributed by atoms with Gasteiger partial charge >= 0.3 is 0 Å². The van der Waals surface area contributed by atoms with Crippen molar-refractivity contribution in [3.63, 3.8) is 0 Å². The van der Waals surface area contributed by atoms with E-state index in [4.69, 9.17) is 16.2 Å². The van der Waals surface area contributed by atoms with Crippen molar-refractivity contribution in [2.45, 2.75) is 17.7 Å². The first-order chi connectivity index (χ1) is 11.7. The fourth-order valence-electron chi connectivity index (χ4n) is 3.67. The molecule has 0 saturated heterocycles. The Bertz CT molecular complexity index is 831. The van der Waals surface area contributed by atoms with Gasteiger partial charge < -0.3 is 4.74 Å². The van der Waals surface area contributed by atoms with E-state index in [-0.39, 0.29) is 11.8 Å². The molecule has 0 spiro atoms. The molecule has 3 aromatic carbocycles. The molecule has 0 aliphatic carbocycles. The van der Waals surface area contributed by atoms with Crippen LogP contribution >= 0.6 is 0 Å². The number of hydrogen-bond donors (Lipinski definition) is 2. The Kier molecular flexibility index (Phi) is 3.60. The molecule has 0 radical (unpaired) electrons. The third-order valence-corrected chi connectivity index (χ3v) is 4.68. The van der Waals surface area contributed by atoms with Gasteiger partial charge in [0.05, 0.1) is 5.92 Å². The molecule has 1 unspecified atom stereocenters. The molecule has 0 fully saturated rings. The maximum atomic E-state index is 6.45. The molecular formula is C21H20N2O. The second-order valence-electron chi connectivity index (χ2n) is 6.27. The maximum absolute atomic E-state index is 6.45. The van der Waals surface area contributed by atoms with Crippen molar-refractivity contribution in [1.82, 2.24) is 0 Å². The predicted octanol–water partition coefficient (Wildman–Crippen LogP) is 3.57. The number of rotatable bonds is 2. The standard InChI is InChI=1S/C21H20N2O/c22-21(23)20(16-11-5-2-6-12-16)19(15-9-3-1-4-10-15)17-13-7-8-14-18(17)24-21/h1-14,19-20H,22-23H2/t19?,20-/m1/s1. The lowest BCUT2D eigenvalue weighted by Crippen LogP contribution is -2.62. The summed E-state index contributed by atoms with van der Waals surface area (Å²) < 4.78 is 5.99. The Labute approximate surface area is 141 Å². The highest BCUT2D eigenvalue weighted by Crippen LogP contribution is 2.49. The Morgan fingerprint density at radius 2 is 1.21 bits per heavy atom. The summed E-state index contributed by atoms with van der Waals surface area (Å²) in [4.78, 5) is 0. The third-order valence-electron chi connectivity index (χ3n) is 4.68. The van der Waals surface area contributed by atoms with E-state index in [2.05, 4.69) is 30.3 Å². The topological polar surface area (TPSA) is 61.3 Å². The highest BCUT2D eigenvalue weighted by atomic mass is 16.5. The van der Waals surface area contributed by atoms with E-state index < -0.39 is 5.85 Å². The van der Waals surface area contributed by atoms with Crippen LogP contribution in [0.3, 0.4) is 0 Å².